The van der Waals surface area contributed by atoms with E-state index in [0.717, 1.165) is 11.1 Å². The van der Waals surface area contributed by atoms with E-state index in [1.165, 1.54) is 24.3 Å². The van der Waals surface area contributed by atoms with E-state index in [1.807, 2.05) is 54.6 Å². The third-order valence-corrected chi connectivity index (χ3v) is 6.95. The van der Waals surface area contributed by atoms with Crippen molar-refractivity contribution in [3.8, 4) is 5.75 Å². The summed E-state index contributed by atoms with van der Waals surface area (Å²) in [5.41, 5.74) is 2.95. The average molecular weight is 515 g/mol. The zero-order valence-electron chi connectivity index (χ0n) is 20.0. The number of carbonyl (C=O) groups excluding carboxylic acids is 2. The summed E-state index contributed by atoms with van der Waals surface area (Å²) in [6.07, 6.45) is 0.680. The molecule has 0 fully saturated rings. The third kappa shape index (κ3) is 7.36. The SMILES string of the molecule is O=C(COc1ccccc1Cc1ccccc1)Nc1ccc(S(=O)(=O)NCC(=O)c2ccccc2)cc1. The molecule has 0 bridgehead atoms. The van der Waals surface area contributed by atoms with E-state index in [0.29, 0.717) is 23.4 Å². The number of benzene rings is 4. The molecule has 0 saturated heterocycles. The second kappa shape index (κ2) is 12.1. The minimum atomic E-state index is -3.89. The number of ketones is 1. The lowest BCUT2D eigenvalue weighted by atomic mass is 10.0. The van der Waals surface area contributed by atoms with Crippen molar-refractivity contribution in [3.63, 3.8) is 0 Å². The first-order valence-corrected chi connectivity index (χ1v) is 13.1. The van der Waals surface area contributed by atoms with Gasteiger partial charge in [0.05, 0.1) is 11.4 Å². The summed E-state index contributed by atoms with van der Waals surface area (Å²) in [6.45, 7) is -0.553. The molecule has 0 aliphatic carbocycles. The van der Waals surface area contributed by atoms with Crippen LogP contribution in [0.1, 0.15) is 21.5 Å². The molecule has 1 amide bonds. The maximum absolute atomic E-state index is 12.6. The summed E-state index contributed by atoms with van der Waals surface area (Å²) in [7, 11) is -3.89. The van der Waals surface area contributed by atoms with Gasteiger partial charge in [0.2, 0.25) is 10.0 Å². The average Bonchev–Trinajstić information content (AvgIpc) is 2.93. The lowest BCUT2D eigenvalue weighted by molar-refractivity contribution is -0.118. The summed E-state index contributed by atoms with van der Waals surface area (Å²) in [5, 5.41) is 2.70. The first-order chi connectivity index (χ1) is 17.9. The van der Waals surface area contributed by atoms with Crippen molar-refractivity contribution in [1.82, 2.24) is 4.72 Å². The van der Waals surface area contributed by atoms with Crippen LogP contribution in [0.2, 0.25) is 0 Å². The first-order valence-electron chi connectivity index (χ1n) is 11.6. The molecule has 188 valence electrons. The number of sulfonamides is 1. The van der Waals surface area contributed by atoms with E-state index in [1.54, 1.807) is 30.3 Å². The molecule has 0 radical (unpaired) electrons. The highest BCUT2D eigenvalue weighted by Crippen LogP contribution is 2.21. The Labute approximate surface area is 216 Å². The normalized spacial score (nSPS) is 11.0. The molecule has 4 aromatic rings. The molecule has 4 aromatic carbocycles. The number of Topliss-reactive ketones (excluding diaryl/α,β-unsaturated/α-hetero) is 1. The van der Waals surface area contributed by atoms with Gasteiger partial charge in [-0.15, -0.1) is 0 Å². The van der Waals surface area contributed by atoms with Crippen LogP contribution in [-0.4, -0.2) is 33.3 Å². The Morgan fingerprint density at radius 1 is 0.730 bits per heavy atom. The lowest BCUT2D eigenvalue weighted by Gasteiger charge is -2.12. The number of nitrogens with one attached hydrogen (secondary N) is 2. The van der Waals surface area contributed by atoms with Crippen LogP contribution >= 0.6 is 0 Å². The molecular weight excluding hydrogens is 488 g/mol. The molecule has 0 atom stereocenters. The van der Waals surface area contributed by atoms with Gasteiger partial charge in [0.1, 0.15) is 5.75 Å². The van der Waals surface area contributed by atoms with Gasteiger partial charge in [0.25, 0.3) is 5.91 Å². The lowest BCUT2D eigenvalue weighted by Crippen LogP contribution is -2.29. The quantitative estimate of drug-likeness (QED) is 0.288. The van der Waals surface area contributed by atoms with E-state index >= 15 is 0 Å². The predicted molar refractivity (Wildman–Crippen MR) is 142 cm³/mol. The van der Waals surface area contributed by atoms with Crippen molar-refractivity contribution in [1.29, 1.82) is 0 Å². The van der Waals surface area contributed by atoms with E-state index < -0.39 is 10.0 Å². The van der Waals surface area contributed by atoms with Gasteiger partial charge in [-0.1, -0.05) is 78.9 Å². The largest absolute Gasteiger partial charge is 0.483 e. The topological polar surface area (TPSA) is 102 Å². The van der Waals surface area contributed by atoms with Gasteiger partial charge in [-0.25, -0.2) is 13.1 Å². The van der Waals surface area contributed by atoms with Gasteiger partial charge < -0.3 is 10.1 Å². The van der Waals surface area contributed by atoms with Crippen LogP contribution in [0, 0.1) is 0 Å². The standard InChI is InChI=1S/C29H26N2O5S/c32-27(23-11-5-2-6-12-23)20-30-37(34,35)26-17-15-25(16-18-26)31-29(33)21-36-28-14-8-7-13-24(28)19-22-9-3-1-4-10-22/h1-18,30H,19-21H2,(H,31,33). The van der Waals surface area contributed by atoms with E-state index in [9.17, 15) is 18.0 Å². The van der Waals surface area contributed by atoms with Crippen LogP contribution in [-0.2, 0) is 21.2 Å². The number of rotatable bonds is 11. The number of amides is 1. The van der Waals surface area contributed by atoms with Gasteiger partial charge in [0, 0.05) is 17.7 Å². The highest BCUT2D eigenvalue weighted by Gasteiger charge is 2.16. The molecule has 0 heterocycles. The Morgan fingerprint density at radius 2 is 1.35 bits per heavy atom. The maximum atomic E-state index is 12.6. The highest BCUT2D eigenvalue weighted by molar-refractivity contribution is 7.89. The fourth-order valence-electron chi connectivity index (χ4n) is 3.63. The number of hydrogen-bond acceptors (Lipinski definition) is 5. The highest BCUT2D eigenvalue weighted by atomic mass is 32.2. The third-order valence-electron chi connectivity index (χ3n) is 5.54. The second-order valence-electron chi connectivity index (χ2n) is 8.25. The number of hydrogen-bond donors (Lipinski definition) is 2. The van der Waals surface area contributed by atoms with Gasteiger partial charge >= 0.3 is 0 Å². The molecule has 0 spiro atoms. The van der Waals surface area contributed by atoms with Gasteiger partial charge in [-0.3, -0.25) is 9.59 Å². The predicted octanol–water partition coefficient (Wildman–Crippen LogP) is 4.46. The Morgan fingerprint density at radius 3 is 2.05 bits per heavy atom. The molecule has 2 N–H and O–H groups in total. The van der Waals surface area contributed by atoms with Crippen LogP contribution in [0.15, 0.2) is 114 Å². The van der Waals surface area contributed by atoms with E-state index in [2.05, 4.69) is 10.0 Å². The van der Waals surface area contributed by atoms with Crippen molar-refractivity contribution in [3.05, 3.63) is 126 Å². The van der Waals surface area contributed by atoms with E-state index in [4.69, 9.17) is 4.74 Å². The Hall–Kier alpha value is -4.27. The minimum Gasteiger partial charge on any atom is -0.483 e. The second-order valence-corrected chi connectivity index (χ2v) is 10.0. The monoisotopic (exact) mass is 514 g/mol. The summed E-state index contributed by atoms with van der Waals surface area (Å²) in [5.74, 6) is -0.0887. The Bertz CT molecular complexity index is 1460. The maximum Gasteiger partial charge on any atom is 0.262 e. The Kier molecular flexibility index (Phi) is 8.45. The van der Waals surface area contributed by atoms with Crippen LogP contribution < -0.4 is 14.8 Å². The first kappa shape index (κ1) is 25.8. The van der Waals surface area contributed by atoms with Gasteiger partial charge in [-0.2, -0.15) is 0 Å². The summed E-state index contributed by atoms with van der Waals surface area (Å²) < 4.78 is 33.2. The molecule has 8 heteroatoms. The zero-order valence-corrected chi connectivity index (χ0v) is 20.8. The molecule has 0 aliphatic heterocycles. The number of para-hydroxylation sites is 1. The summed E-state index contributed by atoms with van der Waals surface area (Å²) in [4.78, 5) is 24.6. The van der Waals surface area contributed by atoms with E-state index in [-0.39, 0.29) is 29.7 Å². The molecule has 0 saturated carbocycles. The van der Waals surface area contributed by atoms with Crippen molar-refractivity contribution in [2.24, 2.45) is 0 Å². The molecule has 37 heavy (non-hydrogen) atoms. The van der Waals surface area contributed by atoms with Crippen LogP contribution in [0.25, 0.3) is 0 Å². The van der Waals surface area contributed by atoms with Gasteiger partial charge in [0.15, 0.2) is 12.4 Å². The fraction of sp³-hybridized carbons (Fsp3) is 0.103. The van der Waals surface area contributed by atoms with Crippen molar-refractivity contribution < 1.29 is 22.7 Å². The van der Waals surface area contributed by atoms with Crippen molar-refractivity contribution in [2.45, 2.75) is 11.3 Å². The van der Waals surface area contributed by atoms with Crippen LogP contribution in [0.5, 0.6) is 5.75 Å². The van der Waals surface area contributed by atoms with Crippen LogP contribution in [0.4, 0.5) is 5.69 Å². The minimum absolute atomic E-state index is 0.0163. The number of anilines is 1. The smallest absolute Gasteiger partial charge is 0.262 e. The van der Waals surface area contributed by atoms with Gasteiger partial charge in [-0.05, 0) is 41.5 Å². The van der Waals surface area contributed by atoms with Crippen LogP contribution in [0.3, 0.4) is 0 Å². The molecule has 0 aromatic heterocycles. The van der Waals surface area contributed by atoms with Crippen molar-refractivity contribution in [2.75, 3.05) is 18.5 Å². The molecule has 0 aliphatic rings. The molecule has 0 unspecified atom stereocenters. The Balaban J connectivity index is 1.30. The summed E-state index contributed by atoms with van der Waals surface area (Å²) >= 11 is 0. The summed E-state index contributed by atoms with van der Waals surface area (Å²) in [6, 6.07) is 31.7. The zero-order chi connectivity index (χ0) is 26.1. The number of carbonyl (C=O) groups is 2. The molecular formula is C29H26N2O5S. The number of ether oxygens (including phenoxy) is 1. The molecule has 4 rings (SSSR count). The molecule has 7 nitrogen and oxygen atoms in total. The fourth-order valence-corrected chi connectivity index (χ4v) is 4.62. The van der Waals surface area contributed by atoms with Crippen molar-refractivity contribution >= 4 is 27.4 Å².